The molecule has 0 aliphatic rings. The molecule has 0 amide bonds. The third kappa shape index (κ3) is 13.5. The van der Waals surface area contributed by atoms with Crippen molar-refractivity contribution in [2.75, 3.05) is 5.33 Å². The van der Waals surface area contributed by atoms with Crippen molar-refractivity contribution >= 4 is 90.2 Å². The molecule has 0 unspecified atom stereocenters. The van der Waals surface area contributed by atoms with Crippen molar-refractivity contribution in [1.29, 1.82) is 0 Å². The maximum atomic E-state index is 11.4. The van der Waals surface area contributed by atoms with E-state index in [9.17, 15) is 34.6 Å². The Morgan fingerprint density at radius 3 is 1.62 bits per heavy atom. The highest BCUT2D eigenvalue weighted by Crippen LogP contribution is 2.28. The van der Waals surface area contributed by atoms with Crippen molar-refractivity contribution in [2.45, 2.75) is 54.4 Å². The molecule has 0 radical (unpaired) electrons. The Morgan fingerprint density at radius 1 is 0.745 bits per heavy atom. The van der Waals surface area contributed by atoms with E-state index in [2.05, 4.69) is 20.9 Å². The largest absolute Gasteiger partial charge is 0.393 e. The summed E-state index contributed by atoms with van der Waals surface area (Å²) < 4.78 is 0. The number of hydrogen-bond acceptors (Lipinski definition) is 10. The van der Waals surface area contributed by atoms with Crippen LogP contribution in [0.5, 0.6) is 0 Å². The van der Waals surface area contributed by atoms with Gasteiger partial charge in [-0.15, -0.1) is 28.3 Å². The van der Waals surface area contributed by atoms with Crippen LogP contribution >= 0.6 is 56.5 Å². The molecule has 0 saturated carbocycles. The number of nitro groups is 2. The SMILES string of the molecule is Br.CC(=O)c1ccc(-c2csc(Cc3cc(C)c([N+](=O)[O-])cc3C)n2)cc1.CC(=O)c1ccc(C(=O)CBr)cc1.Cc1cc([N+](=O)[O-])c(C)cc1CC(N)=S. The van der Waals surface area contributed by atoms with Gasteiger partial charge in [0.05, 0.1) is 30.9 Å². The van der Waals surface area contributed by atoms with Crippen LogP contribution in [0.25, 0.3) is 11.3 Å². The van der Waals surface area contributed by atoms with Gasteiger partial charge in [0.2, 0.25) is 0 Å². The second-order valence-corrected chi connectivity index (χ2v) is 14.4. The predicted molar refractivity (Wildman–Crippen MR) is 231 cm³/mol. The number of thiazole rings is 1. The normalized spacial score (nSPS) is 10.1. The number of alkyl halides is 1. The summed E-state index contributed by atoms with van der Waals surface area (Å²) >= 11 is 9.45. The maximum Gasteiger partial charge on any atom is 0.272 e. The lowest BCUT2D eigenvalue weighted by molar-refractivity contribution is -0.385. The Bertz CT molecular complexity index is 2220. The summed E-state index contributed by atoms with van der Waals surface area (Å²) in [6.07, 6.45) is 1.13. The highest BCUT2D eigenvalue weighted by Gasteiger charge is 2.16. The van der Waals surface area contributed by atoms with Crippen molar-refractivity contribution in [2.24, 2.45) is 5.73 Å². The number of thiocarbonyl (C=S) groups is 1. The molecule has 15 heteroatoms. The molecule has 0 aliphatic heterocycles. The average Bonchev–Trinajstić information content (AvgIpc) is 3.59. The number of rotatable bonds is 11. The number of halogens is 2. The summed E-state index contributed by atoms with van der Waals surface area (Å²) in [5.41, 5.74) is 14.5. The first-order valence-corrected chi connectivity index (χ1v) is 18.9. The lowest BCUT2D eigenvalue weighted by Gasteiger charge is -2.06. The first-order valence-electron chi connectivity index (χ1n) is 16.4. The minimum absolute atomic E-state index is 0. The smallest absolute Gasteiger partial charge is 0.272 e. The van der Waals surface area contributed by atoms with Gasteiger partial charge in [-0.05, 0) is 75.9 Å². The fraction of sp³-hybridized carbons (Fsp3) is 0.225. The first kappa shape index (κ1) is 46.3. The van der Waals surface area contributed by atoms with E-state index in [-0.39, 0.29) is 55.6 Å². The van der Waals surface area contributed by atoms with Gasteiger partial charge in [0, 0.05) is 63.7 Å². The number of carbonyl (C=O) groups is 3. The minimum atomic E-state index is -0.382. The van der Waals surface area contributed by atoms with Crippen LogP contribution in [-0.4, -0.2) is 42.5 Å². The zero-order valence-electron chi connectivity index (χ0n) is 31.0. The molecule has 2 N–H and O–H groups in total. The van der Waals surface area contributed by atoms with Gasteiger partial charge < -0.3 is 5.73 Å². The molecule has 0 bridgehead atoms. The zero-order valence-corrected chi connectivity index (χ0v) is 35.9. The number of nitro benzene ring substituents is 2. The van der Waals surface area contributed by atoms with E-state index in [1.165, 1.54) is 6.92 Å². The van der Waals surface area contributed by atoms with E-state index in [1.807, 2.05) is 37.4 Å². The molecule has 55 heavy (non-hydrogen) atoms. The first-order chi connectivity index (χ1) is 25.4. The number of aromatic nitrogens is 1. The number of hydrogen-bond donors (Lipinski definition) is 1. The van der Waals surface area contributed by atoms with Crippen LogP contribution in [0.1, 0.15) is 83.3 Å². The molecule has 0 saturated heterocycles. The van der Waals surface area contributed by atoms with Crippen LogP contribution < -0.4 is 5.73 Å². The Hall–Kier alpha value is -4.83. The van der Waals surface area contributed by atoms with E-state index >= 15 is 0 Å². The fourth-order valence-corrected chi connectivity index (χ4v) is 6.52. The summed E-state index contributed by atoms with van der Waals surface area (Å²) in [5, 5.41) is 25.0. The summed E-state index contributed by atoms with van der Waals surface area (Å²) in [6.45, 7) is 10.2. The van der Waals surface area contributed by atoms with Crippen LogP contribution in [0.2, 0.25) is 0 Å². The Kier molecular flexibility index (Phi) is 17.9. The van der Waals surface area contributed by atoms with Crippen LogP contribution in [0.3, 0.4) is 0 Å². The summed E-state index contributed by atoms with van der Waals surface area (Å²) in [7, 11) is 0. The van der Waals surface area contributed by atoms with Gasteiger partial charge in [-0.25, -0.2) is 4.98 Å². The van der Waals surface area contributed by atoms with Crippen LogP contribution in [0.15, 0.2) is 78.2 Å². The van der Waals surface area contributed by atoms with Gasteiger partial charge in [-0.3, -0.25) is 34.6 Å². The number of nitrogens with two attached hydrogens (primary N) is 1. The molecule has 0 atom stereocenters. The molecule has 1 heterocycles. The molecule has 5 rings (SSSR count). The second kappa shape index (κ2) is 21.3. The predicted octanol–water partition coefficient (Wildman–Crippen LogP) is 10.2. The number of benzene rings is 4. The van der Waals surface area contributed by atoms with E-state index in [1.54, 1.807) is 86.7 Å². The van der Waals surface area contributed by atoms with Crippen LogP contribution in [0.4, 0.5) is 11.4 Å². The second-order valence-electron chi connectivity index (χ2n) is 12.4. The molecule has 288 valence electrons. The number of Topliss-reactive ketones (excluding diaryl/α,β-unsaturated/α-hetero) is 3. The minimum Gasteiger partial charge on any atom is -0.393 e. The quantitative estimate of drug-likeness (QED) is 0.0441. The zero-order chi connectivity index (χ0) is 40.3. The lowest BCUT2D eigenvalue weighted by atomic mass is 10.0. The molecule has 0 aliphatic carbocycles. The highest BCUT2D eigenvalue weighted by atomic mass is 79.9. The average molecular weight is 913 g/mol. The molecular weight excluding hydrogens is 872 g/mol. The monoisotopic (exact) mass is 910 g/mol. The van der Waals surface area contributed by atoms with Crippen LogP contribution in [-0.2, 0) is 12.8 Å². The van der Waals surface area contributed by atoms with Gasteiger partial charge >= 0.3 is 0 Å². The molecule has 0 fully saturated rings. The van der Waals surface area contributed by atoms with E-state index in [4.69, 9.17) is 18.0 Å². The molecule has 4 aromatic carbocycles. The number of carbonyl (C=O) groups excluding carboxylic acids is 3. The maximum absolute atomic E-state index is 11.4. The molecular formula is C40H40Br2N4O7S2. The van der Waals surface area contributed by atoms with Crippen molar-refractivity contribution in [3.05, 3.63) is 153 Å². The van der Waals surface area contributed by atoms with Crippen molar-refractivity contribution in [1.82, 2.24) is 4.98 Å². The molecule has 11 nitrogen and oxygen atoms in total. The van der Waals surface area contributed by atoms with Gasteiger partial charge in [-0.2, -0.15) is 0 Å². The van der Waals surface area contributed by atoms with Gasteiger partial charge in [0.15, 0.2) is 17.3 Å². The van der Waals surface area contributed by atoms with Crippen molar-refractivity contribution < 1.29 is 24.2 Å². The summed E-state index contributed by atoms with van der Waals surface area (Å²) in [6, 6.07) is 20.9. The van der Waals surface area contributed by atoms with Crippen LogP contribution in [0, 0.1) is 47.9 Å². The molecule has 1 aromatic heterocycles. The third-order valence-electron chi connectivity index (χ3n) is 8.28. The number of ketones is 3. The van der Waals surface area contributed by atoms with E-state index in [0.717, 1.165) is 38.5 Å². The van der Waals surface area contributed by atoms with E-state index in [0.29, 0.717) is 51.0 Å². The summed E-state index contributed by atoms with van der Waals surface area (Å²) in [5.74, 6) is 0.0764. The van der Waals surface area contributed by atoms with E-state index < -0.39 is 0 Å². The van der Waals surface area contributed by atoms with Crippen molar-refractivity contribution in [3.63, 3.8) is 0 Å². The Labute approximate surface area is 347 Å². The Balaban J connectivity index is 0.000000308. The standard InChI is InChI=1S/C20H18N2O3S.C10H9BrO2.C10H12N2O2S.BrH/c1-12-9-19(22(24)25)13(2)8-17(12)10-20-21-18(11-26-20)16-6-4-15(5-7-16)14(3)23;1-7(12)8-2-4-9(5-3-8)10(13)6-11;1-6-4-9(12(13)14)7(2)3-8(6)5-10(11)15;/h4-9,11H,10H2,1-3H3;2-5H,6H2,1H3;3-4H,5H2,1-2H3,(H2,11,15);1H. The van der Waals surface area contributed by atoms with Gasteiger partial charge in [0.1, 0.15) is 0 Å². The van der Waals surface area contributed by atoms with Gasteiger partial charge in [0.25, 0.3) is 11.4 Å². The van der Waals surface area contributed by atoms with Gasteiger partial charge in [-0.1, -0.05) is 76.7 Å². The summed E-state index contributed by atoms with van der Waals surface area (Å²) in [4.78, 5) is 59.5. The number of nitrogens with zero attached hydrogens (tertiary/aromatic N) is 3. The molecule has 5 aromatic rings. The number of aryl methyl sites for hydroxylation is 4. The lowest BCUT2D eigenvalue weighted by Crippen LogP contribution is -2.12. The third-order valence-corrected chi connectivity index (χ3v) is 9.78. The topological polar surface area (TPSA) is 176 Å². The Morgan fingerprint density at radius 2 is 1.18 bits per heavy atom. The molecule has 0 spiro atoms. The highest BCUT2D eigenvalue weighted by molar-refractivity contribution is 9.09. The van der Waals surface area contributed by atoms with Crippen molar-refractivity contribution in [3.8, 4) is 11.3 Å². The fourth-order valence-electron chi connectivity index (χ4n) is 5.21.